The summed E-state index contributed by atoms with van der Waals surface area (Å²) in [6.45, 7) is 5.09. The fourth-order valence-electron chi connectivity index (χ4n) is 4.31. The van der Waals surface area contributed by atoms with E-state index in [1.54, 1.807) is 13.2 Å². The summed E-state index contributed by atoms with van der Waals surface area (Å²) in [7, 11) is 1.60. The molecule has 0 aromatic heterocycles. The third-order valence-corrected chi connectivity index (χ3v) is 6.04. The number of carbonyl (C=O) groups excluding carboxylic acids is 1. The molecule has 166 valence electrons. The van der Waals surface area contributed by atoms with Crippen LogP contribution < -0.4 is 19.7 Å². The van der Waals surface area contributed by atoms with Gasteiger partial charge in [0.1, 0.15) is 24.2 Å². The molecule has 2 aromatic rings. The van der Waals surface area contributed by atoms with E-state index < -0.39 is 6.10 Å². The minimum Gasteiger partial charge on any atom is -0.497 e. The largest absolute Gasteiger partial charge is 0.497 e. The number of ether oxygens (including phenoxy) is 2. The first-order valence-electron chi connectivity index (χ1n) is 10.9. The zero-order valence-corrected chi connectivity index (χ0v) is 18.0. The third-order valence-electron chi connectivity index (χ3n) is 6.04. The van der Waals surface area contributed by atoms with E-state index in [0.717, 1.165) is 38.2 Å². The number of para-hydroxylation sites is 1. The highest BCUT2D eigenvalue weighted by molar-refractivity contribution is 5.86. The molecule has 0 aliphatic carbocycles. The average Bonchev–Trinajstić information content (AvgIpc) is 3.24. The van der Waals surface area contributed by atoms with Gasteiger partial charge >= 0.3 is 0 Å². The number of aliphatic hydroxyl groups is 1. The molecule has 0 saturated carbocycles. The van der Waals surface area contributed by atoms with E-state index in [0.29, 0.717) is 24.6 Å². The first-order chi connectivity index (χ1) is 15.1. The molecule has 1 amide bonds. The van der Waals surface area contributed by atoms with Gasteiger partial charge in [-0.1, -0.05) is 24.3 Å². The van der Waals surface area contributed by atoms with Crippen LogP contribution >= 0.6 is 0 Å². The predicted octanol–water partition coefficient (Wildman–Crippen LogP) is 1.86. The van der Waals surface area contributed by atoms with Crippen LogP contribution in [0.2, 0.25) is 0 Å². The van der Waals surface area contributed by atoms with Crippen LogP contribution in [0.5, 0.6) is 11.5 Å². The molecule has 31 heavy (non-hydrogen) atoms. The zero-order chi connectivity index (χ0) is 21.6. The molecule has 2 fully saturated rings. The lowest BCUT2D eigenvalue weighted by molar-refractivity contribution is -0.120. The highest BCUT2D eigenvalue weighted by atomic mass is 16.5. The fraction of sp³-hybridized carbons (Fsp3) is 0.458. The van der Waals surface area contributed by atoms with E-state index in [-0.39, 0.29) is 18.4 Å². The number of hydrogen-bond acceptors (Lipinski definition) is 6. The smallest absolute Gasteiger partial charge is 0.227 e. The van der Waals surface area contributed by atoms with Crippen LogP contribution in [0.4, 0.5) is 5.69 Å². The summed E-state index contributed by atoms with van der Waals surface area (Å²) in [4.78, 5) is 16.8. The summed E-state index contributed by atoms with van der Waals surface area (Å²) in [6.07, 6.45) is 0.134. The Hall–Kier alpha value is -2.77. The van der Waals surface area contributed by atoms with Crippen molar-refractivity contribution in [3.05, 3.63) is 54.1 Å². The molecule has 7 nitrogen and oxygen atoms in total. The average molecular weight is 426 g/mol. The van der Waals surface area contributed by atoms with Gasteiger partial charge in [0.25, 0.3) is 0 Å². The first-order valence-corrected chi connectivity index (χ1v) is 10.9. The minimum absolute atomic E-state index is 0.0202. The maximum atomic E-state index is 12.2. The van der Waals surface area contributed by atoms with Gasteiger partial charge in [0.05, 0.1) is 13.0 Å². The number of nitrogens with zero attached hydrogens (tertiary/aromatic N) is 2. The monoisotopic (exact) mass is 425 g/mol. The molecule has 2 aliphatic rings. The molecule has 0 bridgehead atoms. The summed E-state index contributed by atoms with van der Waals surface area (Å²) in [6, 6.07) is 15.9. The lowest BCUT2D eigenvalue weighted by Gasteiger charge is -2.36. The standard InChI is InChI=1S/C24H31N3O4/c1-30-20-7-8-21(22-9-10-25-24(22)29)23(15-20)31-17-19(28)16-26-11-13-27(14-12-26)18-5-3-2-4-6-18/h2-8,15,19,22,28H,9-14,16-17H2,1H3,(H,25,29). The lowest BCUT2D eigenvalue weighted by atomic mass is 9.96. The number of nitrogens with one attached hydrogen (secondary N) is 1. The maximum absolute atomic E-state index is 12.2. The molecular formula is C24H31N3O4. The van der Waals surface area contributed by atoms with Crippen LogP contribution in [0.1, 0.15) is 17.9 Å². The second-order valence-electron chi connectivity index (χ2n) is 8.12. The van der Waals surface area contributed by atoms with Crippen molar-refractivity contribution < 1.29 is 19.4 Å². The minimum atomic E-state index is -0.611. The van der Waals surface area contributed by atoms with E-state index in [4.69, 9.17) is 9.47 Å². The van der Waals surface area contributed by atoms with Gasteiger partial charge in [-0.2, -0.15) is 0 Å². The molecule has 2 saturated heterocycles. The highest BCUT2D eigenvalue weighted by Gasteiger charge is 2.29. The summed E-state index contributed by atoms with van der Waals surface area (Å²) in [5.74, 6) is 1.08. The van der Waals surface area contributed by atoms with Crippen molar-refractivity contribution in [3.63, 3.8) is 0 Å². The number of carbonyl (C=O) groups is 1. The SMILES string of the molecule is COc1ccc(C2CCNC2=O)c(OCC(O)CN2CCN(c3ccccc3)CC2)c1. The van der Waals surface area contributed by atoms with Crippen LogP contribution in [0, 0.1) is 0 Å². The Labute approximate surface area is 183 Å². The number of rotatable bonds is 8. The molecule has 4 rings (SSSR count). The number of β-amino-alcohol motifs (C(OH)–C–C–N with tert-alkyl or cyclic N) is 1. The van der Waals surface area contributed by atoms with Gasteiger partial charge in [-0.05, 0) is 24.6 Å². The van der Waals surface area contributed by atoms with Crippen LogP contribution in [-0.4, -0.2) is 75.0 Å². The van der Waals surface area contributed by atoms with Gasteiger partial charge in [0.2, 0.25) is 5.91 Å². The summed E-state index contributed by atoms with van der Waals surface area (Å²) < 4.78 is 11.3. The number of hydrogen-bond donors (Lipinski definition) is 2. The van der Waals surface area contributed by atoms with Crippen molar-refractivity contribution in [2.45, 2.75) is 18.4 Å². The van der Waals surface area contributed by atoms with Gasteiger partial charge < -0.3 is 24.8 Å². The van der Waals surface area contributed by atoms with Crippen molar-refractivity contribution in [1.29, 1.82) is 0 Å². The van der Waals surface area contributed by atoms with Crippen molar-refractivity contribution in [2.75, 3.05) is 57.9 Å². The van der Waals surface area contributed by atoms with E-state index in [2.05, 4.69) is 39.4 Å². The Kier molecular flexibility index (Phi) is 6.94. The Balaban J connectivity index is 1.31. The van der Waals surface area contributed by atoms with Crippen molar-refractivity contribution in [3.8, 4) is 11.5 Å². The molecular weight excluding hydrogens is 394 g/mol. The molecule has 2 atom stereocenters. The van der Waals surface area contributed by atoms with Gasteiger partial charge in [0, 0.05) is 56.6 Å². The second-order valence-corrected chi connectivity index (χ2v) is 8.12. The van der Waals surface area contributed by atoms with Gasteiger partial charge in [-0.3, -0.25) is 9.69 Å². The molecule has 2 aliphatic heterocycles. The van der Waals surface area contributed by atoms with Gasteiger partial charge in [-0.15, -0.1) is 0 Å². The Morgan fingerprint density at radius 2 is 1.90 bits per heavy atom. The van der Waals surface area contributed by atoms with Crippen LogP contribution in [0.15, 0.2) is 48.5 Å². The van der Waals surface area contributed by atoms with E-state index in [1.807, 2.05) is 18.2 Å². The molecule has 7 heteroatoms. The van der Waals surface area contributed by atoms with Crippen molar-refractivity contribution in [1.82, 2.24) is 10.2 Å². The predicted molar refractivity (Wildman–Crippen MR) is 120 cm³/mol. The number of benzene rings is 2. The van der Waals surface area contributed by atoms with E-state index in [1.165, 1.54) is 5.69 Å². The van der Waals surface area contributed by atoms with Gasteiger partial charge in [-0.25, -0.2) is 0 Å². The molecule has 2 N–H and O–H groups in total. The molecule has 0 radical (unpaired) electrons. The summed E-state index contributed by atoms with van der Waals surface area (Å²) >= 11 is 0. The lowest BCUT2D eigenvalue weighted by Crippen LogP contribution is -2.49. The van der Waals surface area contributed by atoms with Crippen molar-refractivity contribution >= 4 is 11.6 Å². The Bertz CT molecular complexity index is 868. The highest BCUT2D eigenvalue weighted by Crippen LogP contribution is 2.34. The van der Waals surface area contributed by atoms with Crippen molar-refractivity contribution in [2.24, 2.45) is 0 Å². The first kappa shape index (κ1) is 21.5. The molecule has 2 aromatic carbocycles. The summed E-state index contributed by atoms with van der Waals surface area (Å²) in [5, 5.41) is 13.5. The number of aliphatic hydroxyl groups excluding tert-OH is 1. The van der Waals surface area contributed by atoms with E-state index >= 15 is 0 Å². The normalized spacial score (nSPS) is 20.4. The number of piperazine rings is 1. The topological polar surface area (TPSA) is 74.3 Å². The zero-order valence-electron chi connectivity index (χ0n) is 18.0. The summed E-state index contributed by atoms with van der Waals surface area (Å²) in [5.41, 5.74) is 2.09. The Morgan fingerprint density at radius 1 is 1.13 bits per heavy atom. The maximum Gasteiger partial charge on any atom is 0.227 e. The molecule has 0 spiro atoms. The Morgan fingerprint density at radius 3 is 2.58 bits per heavy atom. The van der Waals surface area contributed by atoms with Crippen LogP contribution in [-0.2, 0) is 4.79 Å². The number of methoxy groups -OCH3 is 1. The van der Waals surface area contributed by atoms with E-state index in [9.17, 15) is 9.90 Å². The quantitative estimate of drug-likeness (QED) is 0.673. The fourth-order valence-corrected chi connectivity index (χ4v) is 4.31. The number of amides is 1. The van der Waals surface area contributed by atoms with Gasteiger partial charge in [0.15, 0.2) is 0 Å². The third kappa shape index (κ3) is 5.29. The number of anilines is 1. The molecule has 2 unspecified atom stereocenters. The van der Waals surface area contributed by atoms with Crippen LogP contribution in [0.3, 0.4) is 0 Å². The van der Waals surface area contributed by atoms with Crippen LogP contribution in [0.25, 0.3) is 0 Å². The molecule has 2 heterocycles. The second kappa shape index (κ2) is 10.0.